The van der Waals surface area contributed by atoms with Crippen LogP contribution in [0.5, 0.6) is 0 Å². The first kappa shape index (κ1) is 111. The van der Waals surface area contributed by atoms with Crippen molar-refractivity contribution in [2.24, 2.45) is 46.3 Å². The second-order valence-corrected chi connectivity index (χ2v) is 39.9. The lowest BCUT2D eigenvalue weighted by Crippen LogP contribution is -2.68. The number of aliphatic hydroxyl groups is 22. The Hall–Kier alpha value is -4.32. The number of nitrogens with one attached hydrogen (secondary N) is 5. The summed E-state index contributed by atoms with van der Waals surface area (Å²) in [4.78, 5) is 51.1. The van der Waals surface area contributed by atoms with E-state index in [1.54, 1.807) is 0 Å². The number of carbonyl (C=O) groups excluding carboxylic acids is 2. The van der Waals surface area contributed by atoms with Crippen LogP contribution in [0.15, 0.2) is 21.2 Å². The number of fused-ring (bicyclic) bond motifs is 5. The molecule has 0 unspecified atom stereocenters. The molecule has 7 aliphatic heterocycles. The first-order valence-corrected chi connectivity index (χ1v) is 49.0. The molecule has 1 aromatic rings. The minimum atomic E-state index is -2.30. The van der Waals surface area contributed by atoms with Crippen LogP contribution >= 0.6 is 0 Å². The van der Waals surface area contributed by atoms with Crippen molar-refractivity contribution in [2.45, 2.75) is 384 Å². The Balaban J connectivity index is 0.588. The topological polar surface area (TPSA) is 712 Å². The van der Waals surface area contributed by atoms with E-state index in [4.69, 9.17) is 71.1 Å². The molecule has 1 aromatic carbocycles. The third-order valence-electron chi connectivity index (χ3n) is 30.4. The zero-order valence-corrected chi connectivity index (χ0v) is 78.5. The van der Waals surface area contributed by atoms with Crippen molar-refractivity contribution in [3.05, 3.63) is 32.1 Å². The van der Waals surface area contributed by atoms with Crippen LogP contribution in [-0.4, -0.2) is 438 Å². The van der Waals surface area contributed by atoms with Gasteiger partial charge in [0.25, 0.3) is 10.9 Å². The number of ether oxygens (including phenoxy) is 15. The summed E-state index contributed by atoms with van der Waals surface area (Å²) >= 11 is 0. The number of rotatable bonds is 48. The molecule has 46 heteroatoms. The molecule has 46 nitrogen and oxygen atoms in total. The lowest BCUT2D eigenvalue weighted by molar-refractivity contribution is -0.408. The molecule has 0 bridgehead atoms. The van der Waals surface area contributed by atoms with E-state index < -0.39 is 278 Å². The molecule has 3 saturated carbocycles. The normalized spacial score (nSPS) is 42.6. The van der Waals surface area contributed by atoms with Crippen LogP contribution in [0.1, 0.15) is 163 Å². The molecule has 10 fully saturated rings. The number of unbranched alkanes of at least 4 members (excludes halogenated alkanes) is 6. The minimum absolute atomic E-state index is 0.140. The van der Waals surface area contributed by atoms with Gasteiger partial charge in [-0.2, -0.15) is 0 Å². The maximum absolute atomic E-state index is 13.0. The van der Waals surface area contributed by atoms with Gasteiger partial charge in [-0.3, -0.25) is 14.4 Å². The van der Waals surface area contributed by atoms with E-state index in [1.165, 1.54) is 50.5 Å². The minimum Gasteiger partial charge on any atom is -0.446 e. The zero-order chi connectivity index (χ0) is 99.2. The molecular formula is C91H153N5O41. The van der Waals surface area contributed by atoms with E-state index in [1.807, 2.05) is 0 Å². The number of alkyl carbamates (subject to hydrolysis) is 1. The maximum atomic E-state index is 13.0. The SMILES string of the molecule is CC(C)CCC[C@@H](C)[C@H]1CC[C@H]2[C@@H]3CC=C4C[C@@H](OC(=O)NCCNCCCCNc5c(NCCNC(=O)CCCCCCCCO[C@H]6O[C@H](CO[C@H]7O[C@H](CO)[C@@H](O)[C@H](O[C@H]8O[C@H](CO)[C@@H](O)[C@H](O)[C@@H]8O)[C@@H]7O)[C@@H](O)[C@H](O[C@H]7O[C@H](CO)[C@@H](O)[C@H](O)[C@@H]7O[C@H]7O[C@H](CO)[C@@H](O)[C@H](O)[C@@H]7O[C@H]7O[C@H](CO)[C@@H](O)[C@H](O[C@H]8O[C@H](CO)[C@@H](O)[C@H](O)[C@H]8O)[C@@H]7O)[C@@H]6O)c(=O)c5=O)CC[C@]4(C)[C@H]3CC[C@]12C. The van der Waals surface area contributed by atoms with Crippen molar-refractivity contribution in [1.29, 1.82) is 0 Å². The van der Waals surface area contributed by atoms with Crippen LogP contribution in [0.25, 0.3) is 0 Å². The summed E-state index contributed by atoms with van der Waals surface area (Å²) in [6.07, 6.45) is -50.3. The second kappa shape index (κ2) is 51.1. The lowest BCUT2D eigenvalue weighted by atomic mass is 9.47. The van der Waals surface area contributed by atoms with Gasteiger partial charge in [-0.25, -0.2) is 4.79 Å². The van der Waals surface area contributed by atoms with E-state index in [-0.39, 0.29) is 61.3 Å². The Morgan fingerprint density at radius 2 is 0.854 bits per heavy atom. The Bertz CT molecular complexity index is 3940. The molecule has 2 amide bonds. The van der Waals surface area contributed by atoms with Crippen molar-refractivity contribution in [1.82, 2.24) is 16.0 Å². The number of allylic oxidation sites excluding steroid dienone is 1. The molecular weight excluding hydrogens is 1820 g/mol. The molecule has 7 saturated heterocycles. The van der Waals surface area contributed by atoms with Crippen molar-refractivity contribution >= 4 is 23.4 Å². The Morgan fingerprint density at radius 3 is 1.41 bits per heavy atom. The quantitative estimate of drug-likeness (QED) is 0.0164. The average Bonchev–Trinajstić information content (AvgIpc) is 1.62. The summed E-state index contributed by atoms with van der Waals surface area (Å²) in [5.41, 5.74) is 1.11. The molecule has 4 aliphatic carbocycles. The highest BCUT2D eigenvalue weighted by molar-refractivity contribution is 5.76. The molecule has 12 rings (SSSR count). The van der Waals surface area contributed by atoms with Gasteiger partial charge in [0.2, 0.25) is 5.91 Å². The van der Waals surface area contributed by atoms with Gasteiger partial charge in [-0.1, -0.05) is 91.2 Å². The van der Waals surface area contributed by atoms with Gasteiger partial charge in [0.15, 0.2) is 44.0 Å². The van der Waals surface area contributed by atoms with Crippen molar-refractivity contribution in [3.63, 3.8) is 0 Å². The predicted molar refractivity (Wildman–Crippen MR) is 473 cm³/mol. The summed E-state index contributed by atoms with van der Waals surface area (Å²) in [5, 5.41) is 256. The zero-order valence-electron chi connectivity index (χ0n) is 78.5. The van der Waals surface area contributed by atoms with Crippen LogP contribution < -0.4 is 37.4 Å². The predicted octanol–water partition coefficient (Wildman–Crippen LogP) is -6.78. The number of amides is 2. The van der Waals surface area contributed by atoms with Gasteiger partial charge in [0.1, 0.15) is 188 Å². The van der Waals surface area contributed by atoms with Crippen LogP contribution in [0.2, 0.25) is 0 Å². The average molecular weight is 1970 g/mol. The molecule has 137 heavy (non-hydrogen) atoms. The highest BCUT2D eigenvalue weighted by atomic mass is 16.8. The smallest absolute Gasteiger partial charge is 0.407 e. The first-order valence-electron chi connectivity index (χ1n) is 49.0. The lowest BCUT2D eigenvalue weighted by Gasteiger charge is -2.58. The standard InChI is InChI=1S/C91H153N5O41/c1-41(2)15-14-16-42(3)46-20-21-47-45-19-18-43-33-44(22-24-90(43,4)48(45)23-25-91(46,47)5)125-89(122)96-29-28-92-26-11-12-27-94-57-58(67(112)66(57)111)95-31-30-93-56(103)17-10-8-6-7-9-13-32-123-82-74(119)79(65(110)55(132-82)40-124-83-75(120)77(63(108)53(38-101)126-83)133-84-72(117)68(113)59(104)49(34-97)127-84)135-87-81(71(116)62(107)51(36-99)130-87)137-88-80(70(115)61(106)52(37-100)131-88)136-86-76(121)78(64(109)54(39-102)129-86)134-85-73(118)69(114)60(105)50(35-98)128-85/h18,41-42,44-55,59-65,68-88,92,94-95,97-102,104-110,113-121H,6-17,19-40H2,1-5H3,(H,93,103)(H,96,122)/t42-,44+,45+,46-,47+,48+,49-,50-,51-,52-,53-,54-,55-,59-,60-,61-,62-,63-,64-,65-,68+,69+,70+,71+,72+,73-,74+,75+,76+,77+,78+,79+,80+,81+,82+,83+,84-,85-,86-,87-,88-,90+,91-/m1/s1. The molecule has 0 radical (unpaired) electrons. The molecule has 788 valence electrons. The van der Waals surface area contributed by atoms with Crippen molar-refractivity contribution in [3.8, 4) is 0 Å². The van der Waals surface area contributed by atoms with Gasteiger partial charge >= 0.3 is 6.09 Å². The van der Waals surface area contributed by atoms with Gasteiger partial charge < -0.3 is 210 Å². The number of hydrogen-bond donors (Lipinski definition) is 27. The van der Waals surface area contributed by atoms with Crippen LogP contribution in [0.4, 0.5) is 16.2 Å². The first-order chi connectivity index (χ1) is 65.5. The summed E-state index contributed by atoms with van der Waals surface area (Å²) in [6, 6.07) is 0. The summed E-state index contributed by atoms with van der Waals surface area (Å²) < 4.78 is 87.9. The van der Waals surface area contributed by atoms with Gasteiger partial charge in [-0.05, 0) is 124 Å². The Morgan fingerprint density at radius 1 is 0.409 bits per heavy atom. The van der Waals surface area contributed by atoms with Gasteiger partial charge in [0, 0.05) is 52.2 Å². The van der Waals surface area contributed by atoms with E-state index in [0.29, 0.717) is 76.0 Å². The highest BCUT2D eigenvalue weighted by Gasteiger charge is 2.63. The van der Waals surface area contributed by atoms with Crippen molar-refractivity contribution < 1.29 is 193 Å². The monoisotopic (exact) mass is 1970 g/mol. The van der Waals surface area contributed by atoms with Crippen LogP contribution in [0, 0.1) is 46.3 Å². The van der Waals surface area contributed by atoms with Gasteiger partial charge in [0.05, 0.1) is 46.2 Å². The fourth-order valence-electron chi connectivity index (χ4n) is 22.4. The number of anilines is 2. The second-order valence-electron chi connectivity index (χ2n) is 39.9. The van der Waals surface area contributed by atoms with Crippen LogP contribution in [0.3, 0.4) is 0 Å². The summed E-state index contributed by atoms with van der Waals surface area (Å²) in [6.45, 7) is 7.56. The molecule has 7 heterocycles. The third kappa shape index (κ3) is 26.0. The van der Waals surface area contributed by atoms with E-state index >= 15 is 0 Å². The van der Waals surface area contributed by atoms with Crippen molar-refractivity contribution in [2.75, 3.05) is 103 Å². The molecule has 0 aromatic heterocycles. The maximum Gasteiger partial charge on any atom is 0.407 e. The summed E-state index contributed by atoms with van der Waals surface area (Å²) in [7, 11) is 0. The third-order valence-corrected chi connectivity index (χ3v) is 30.4. The highest BCUT2D eigenvalue weighted by Crippen LogP contribution is 2.68. The Labute approximate surface area is 794 Å². The van der Waals surface area contributed by atoms with E-state index in [9.17, 15) is 132 Å². The largest absolute Gasteiger partial charge is 0.446 e. The fourth-order valence-corrected chi connectivity index (χ4v) is 22.4. The number of carbonyl (C=O) groups is 2. The summed E-state index contributed by atoms with van der Waals surface area (Å²) in [5.74, 6) is 4.32. The number of aliphatic hydroxyl groups excluding tert-OH is 22. The van der Waals surface area contributed by atoms with Gasteiger partial charge in [-0.15, -0.1) is 0 Å². The van der Waals surface area contributed by atoms with Crippen LogP contribution in [-0.2, 0) is 75.8 Å². The van der Waals surface area contributed by atoms with E-state index in [2.05, 4.69) is 67.3 Å². The fraction of sp³-hybridized carbons (Fsp3) is 0.912. The molecule has 11 aliphatic rings. The molecule has 0 spiro atoms. The molecule has 43 atom stereocenters. The van der Waals surface area contributed by atoms with E-state index in [0.717, 1.165) is 61.7 Å². The molecule has 27 N–H and O–H groups in total. The Kier molecular flexibility index (Phi) is 41.6. The number of hydrogen-bond acceptors (Lipinski definition) is 44.